The Morgan fingerprint density at radius 2 is 1.46 bits per heavy atom. The zero-order chi connectivity index (χ0) is 17.1. The number of carbonyl (C=O) groups is 1. The average Bonchev–Trinajstić information content (AvgIpc) is 2.59. The number of carbonyl (C=O) groups excluding carboxylic acids is 1. The van der Waals surface area contributed by atoms with Crippen molar-refractivity contribution in [2.75, 3.05) is 0 Å². The Balaban J connectivity index is 1.49. The molecule has 24 heavy (non-hydrogen) atoms. The molecule has 0 heterocycles. The molecule has 0 saturated heterocycles. The van der Waals surface area contributed by atoms with Crippen LogP contribution in [-0.2, 0) is 4.79 Å². The van der Waals surface area contributed by atoms with Crippen LogP contribution in [0, 0.1) is 37.5 Å². The minimum absolute atomic E-state index is 0.0195. The van der Waals surface area contributed by atoms with Gasteiger partial charge in [-0.05, 0) is 93.4 Å². The van der Waals surface area contributed by atoms with Gasteiger partial charge in [-0.3, -0.25) is 4.79 Å². The minimum Gasteiger partial charge on any atom is -0.426 e. The predicted octanol–water partition coefficient (Wildman–Crippen LogP) is 5.84. The topological polar surface area (TPSA) is 26.3 Å². The fourth-order valence-corrected chi connectivity index (χ4v) is 4.56. The van der Waals surface area contributed by atoms with Gasteiger partial charge in [0.1, 0.15) is 5.75 Å². The van der Waals surface area contributed by atoms with Crippen molar-refractivity contribution in [1.82, 2.24) is 0 Å². The van der Waals surface area contributed by atoms with Crippen molar-refractivity contribution in [2.45, 2.75) is 72.1 Å². The van der Waals surface area contributed by atoms with E-state index in [4.69, 9.17) is 4.74 Å². The second-order valence-corrected chi connectivity index (χ2v) is 8.30. The van der Waals surface area contributed by atoms with Crippen LogP contribution in [0.15, 0.2) is 18.2 Å². The van der Waals surface area contributed by atoms with Crippen LogP contribution < -0.4 is 4.74 Å². The number of rotatable bonds is 3. The normalized spacial score (nSPS) is 30.8. The SMILES string of the molecule is Cc1ccc(OC(=O)C2CCC(C3CCC(C)CC3)CC2)cc1C. The van der Waals surface area contributed by atoms with Crippen LogP contribution in [-0.4, -0.2) is 5.97 Å². The van der Waals surface area contributed by atoms with E-state index in [1.54, 1.807) is 0 Å². The third-order valence-corrected chi connectivity index (χ3v) is 6.53. The smallest absolute Gasteiger partial charge is 0.314 e. The number of hydrogen-bond donors (Lipinski definition) is 0. The fraction of sp³-hybridized carbons (Fsp3) is 0.682. The third kappa shape index (κ3) is 4.20. The summed E-state index contributed by atoms with van der Waals surface area (Å²) in [7, 11) is 0. The molecule has 0 N–H and O–H groups in total. The molecule has 1 aromatic carbocycles. The molecule has 0 spiro atoms. The van der Waals surface area contributed by atoms with Crippen LogP contribution in [0.4, 0.5) is 0 Å². The molecule has 2 aliphatic carbocycles. The summed E-state index contributed by atoms with van der Waals surface area (Å²) in [4.78, 5) is 12.5. The lowest BCUT2D eigenvalue weighted by Crippen LogP contribution is -2.29. The van der Waals surface area contributed by atoms with E-state index in [0.29, 0.717) is 5.75 Å². The number of benzene rings is 1. The van der Waals surface area contributed by atoms with E-state index in [-0.39, 0.29) is 11.9 Å². The van der Waals surface area contributed by atoms with E-state index >= 15 is 0 Å². The van der Waals surface area contributed by atoms with Gasteiger partial charge in [0.2, 0.25) is 0 Å². The molecular weight excluding hydrogens is 296 g/mol. The Hall–Kier alpha value is -1.31. The first-order valence-corrected chi connectivity index (χ1v) is 9.82. The number of ether oxygens (including phenoxy) is 1. The molecule has 2 aliphatic rings. The maximum atomic E-state index is 12.5. The van der Waals surface area contributed by atoms with Gasteiger partial charge >= 0.3 is 5.97 Å². The summed E-state index contributed by atoms with van der Waals surface area (Å²) < 4.78 is 5.65. The quantitative estimate of drug-likeness (QED) is 0.514. The highest BCUT2D eigenvalue weighted by Gasteiger charge is 2.33. The second kappa shape index (κ2) is 7.72. The molecular formula is C22H32O2. The Bertz CT molecular complexity index is 561. The molecule has 0 amide bonds. The summed E-state index contributed by atoms with van der Waals surface area (Å²) in [5.74, 6) is 3.47. The van der Waals surface area contributed by atoms with Crippen molar-refractivity contribution in [3.05, 3.63) is 29.3 Å². The van der Waals surface area contributed by atoms with Gasteiger partial charge in [-0.15, -0.1) is 0 Å². The zero-order valence-electron chi connectivity index (χ0n) is 15.5. The van der Waals surface area contributed by atoms with E-state index in [0.717, 1.165) is 30.6 Å². The summed E-state index contributed by atoms with van der Waals surface area (Å²) in [6.07, 6.45) is 10.1. The van der Waals surface area contributed by atoms with Crippen LogP contribution in [0.25, 0.3) is 0 Å². The highest BCUT2D eigenvalue weighted by Crippen LogP contribution is 2.41. The van der Waals surface area contributed by atoms with Crippen molar-refractivity contribution in [3.63, 3.8) is 0 Å². The molecule has 0 unspecified atom stereocenters. The molecule has 2 saturated carbocycles. The van der Waals surface area contributed by atoms with Crippen LogP contribution in [0.2, 0.25) is 0 Å². The van der Waals surface area contributed by atoms with E-state index < -0.39 is 0 Å². The van der Waals surface area contributed by atoms with Crippen molar-refractivity contribution < 1.29 is 9.53 Å². The maximum absolute atomic E-state index is 12.5. The van der Waals surface area contributed by atoms with Crippen molar-refractivity contribution >= 4 is 5.97 Å². The lowest BCUT2D eigenvalue weighted by atomic mass is 9.69. The predicted molar refractivity (Wildman–Crippen MR) is 98.1 cm³/mol. The highest BCUT2D eigenvalue weighted by atomic mass is 16.5. The lowest BCUT2D eigenvalue weighted by molar-refractivity contribution is -0.140. The molecule has 0 radical (unpaired) electrons. The summed E-state index contributed by atoms with van der Waals surface area (Å²) in [5, 5.41) is 0. The molecule has 2 nitrogen and oxygen atoms in total. The van der Waals surface area contributed by atoms with Crippen LogP contribution in [0.3, 0.4) is 0 Å². The number of hydrogen-bond acceptors (Lipinski definition) is 2. The fourth-order valence-electron chi connectivity index (χ4n) is 4.56. The highest BCUT2D eigenvalue weighted by molar-refractivity contribution is 5.75. The summed E-state index contributed by atoms with van der Waals surface area (Å²) in [6.45, 7) is 6.52. The zero-order valence-corrected chi connectivity index (χ0v) is 15.5. The maximum Gasteiger partial charge on any atom is 0.314 e. The summed E-state index contributed by atoms with van der Waals surface area (Å²) >= 11 is 0. The molecule has 3 rings (SSSR count). The van der Waals surface area contributed by atoms with Crippen molar-refractivity contribution in [3.8, 4) is 5.75 Å². The minimum atomic E-state index is -0.0195. The average molecular weight is 328 g/mol. The molecule has 0 aliphatic heterocycles. The van der Waals surface area contributed by atoms with Gasteiger partial charge in [-0.2, -0.15) is 0 Å². The van der Waals surface area contributed by atoms with E-state index in [1.807, 2.05) is 18.2 Å². The first-order valence-electron chi connectivity index (χ1n) is 9.82. The van der Waals surface area contributed by atoms with Gasteiger partial charge in [0.15, 0.2) is 0 Å². The van der Waals surface area contributed by atoms with Crippen molar-refractivity contribution in [2.24, 2.45) is 23.7 Å². The molecule has 0 atom stereocenters. The van der Waals surface area contributed by atoms with Gasteiger partial charge in [0.05, 0.1) is 5.92 Å². The van der Waals surface area contributed by atoms with E-state index in [2.05, 4.69) is 20.8 Å². The van der Waals surface area contributed by atoms with Gasteiger partial charge in [-0.1, -0.05) is 25.8 Å². The Kier molecular flexibility index (Phi) is 5.63. The largest absolute Gasteiger partial charge is 0.426 e. The number of aryl methyl sites for hydroxylation is 2. The van der Waals surface area contributed by atoms with E-state index in [1.165, 1.54) is 49.7 Å². The Morgan fingerprint density at radius 3 is 2.04 bits per heavy atom. The number of esters is 1. The Morgan fingerprint density at radius 1 is 0.875 bits per heavy atom. The van der Waals surface area contributed by atoms with Gasteiger partial charge < -0.3 is 4.74 Å². The first-order chi connectivity index (χ1) is 11.5. The molecule has 2 heteroatoms. The van der Waals surface area contributed by atoms with Crippen molar-refractivity contribution in [1.29, 1.82) is 0 Å². The molecule has 0 bridgehead atoms. The van der Waals surface area contributed by atoms with Gasteiger partial charge in [0, 0.05) is 0 Å². The van der Waals surface area contributed by atoms with Gasteiger partial charge in [0.25, 0.3) is 0 Å². The van der Waals surface area contributed by atoms with Crippen LogP contribution in [0.5, 0.6) is 5.75 Å². The Labute approximate surface area is 147 Å². The second-order valence-electron chi connectivity index (χ2n) is 8.30. The van der Waals surface area contributed by atoms with Gasteiger partial charge in [-0.25, -0.2) is 0 Å². The standard InChI is InChI=1S/C22H32O2/c1-15-4-7-18(8-5-15)19-9-11-20(12-10-19)22(23)24-21-13-6-16(2)17(3)14-21/h6,13-15,18-20H,4-5,7-12H2,1-3H3. The monoisotopic (exact) mass is 328 g/mol. The summed E-state index contributed by atoms with van der Waals surface area (Å²) in [5.41, 5.74) is 2.41. The first kappa shape index (κ1) is 17.5. The molecule has 132 valence electrons. The molecule has 0 aromatic heterocycles. The summed E-state index contributed by atoms with van der Waals surface area (Å²) in [6, 6.07) is 5.91. The molecule has 2 fully saturated rings. The van der Waals surface area contributed by atoms with E-state index in [9.17, 15) is 4.79 Å². The lowest BCUT2D eigenvalue weighted by Gasteiger charge is -2.36. The van der Waals surface area contributed by atoms with Crippen LogP contribution >= 0.6 is 0 Å². The molecule has 1 aromatic rings. The third-order valence-electron chi connectivity index (χ3n) is 6.53. The van der Waals surface area contributed by atoms with Crippen LogP contribution in [0.1, 0.15) is 69.4 Å².